The average molecular weight is 330 g/mol. The van der Waals surface area contributed by atoms with Gasteiger partial charge in [-0.15, -0.1) is 0 Å². The van der Waals surface area contributed by atoms with Crippen LogP contribution in [0, 0.1) is 11.3 Å². The molecule has 0 fully saturated rings. The van der Waals surface area contributed by atoms with Crippen LogP contribution < -0.4 is 16.6 Å². The van der Waals surface area contributed by atoms with Crippen LogP contribution in [0.2, 0.25) is 0 Å². The molecule has 0 bridgehead atoms. The quantitative estimate of drug-likeness (QED) is 0.614. The van der Waals surface area contributed by atoms with Crippen molar-refractivity contribution in [3.8, 4) is 0 Å². The molecule has 1 unspecified atom stereocenters. The lowest BCUT2D eigenvalue weighted by atomic mass is 9.81. The van der Waals surface area contributed by atoms with Crippen molar-refractivity contribution in [2.24, 2.45) is 23.0 Å². The van der Waals surface area contributed by atoms with Crippen LogP contribution in [0.5, 0.6) is 0 Å². The average Bonchev–Trinajstić information content (AvgIpc) is 2.55. The maximum absolute atomic E-state index is 4.00. The van der Waals surface area contributed by atoms with Gasteiger partial charge in [0.2, 0.25) is 0 Å². The second-order valence-electron chi connectivity index (χ2n) is 6.92. The number of hydrogen-bond acceptors (Lipinski definition) is 4. The molecule has 0 saturated heterocycles. The highest BCUT2D eigenvalue weighted by Crippen LogP contribution is 2.48. The lowest BCUT2D eigenvalue weighted by Crippen LogP contribution is -2.32. The summed E-state index contributed by atoms with van der Waals surface area (Å²) in [6.07, 6.45) is 0. The predicted octanol–water partition coefficient (Wildman–Crippen LogP) is 4.79. The Morgan fingerprint density at radius 3 is 1.78 bits per heavy atom. The van der Waals surface area contributed by atoms with E-state index in [1.807, 2.05) is 11.8 Å². The molecule has 4 N–H and O–H groups in total. The molecule has 0 spiro atoms. The van der Waals surface area contributed by atoms with Crippen LogP contribution in [0.3, 0.4) is 0 Å². The first-order chi connectivity index (χ1) is 11.0. The minimum Gasteiger partial charge on any atom is -0.339 e. The molecule has 0 aromatic heterocycles. The van der Waals surface area contributed by atoms with Gasteiger partial charge in [0.15, 0.2) is 0 Å². The zero-order valence-electron chi connectivity index (χ0n) is 14.4. The first-order valence-electron chi connectivity index (χ1n) is 7.93. The largest absolute Gasteiger partial charge is 0.339 e. The summed E-state index contributed by atoms with van der Waals surface area (Å²) in [7, 11) is 0. The van der Waals surface area contributed by atoms with Crippen LogP contribution in [0.4, 0.5) is 11.4 Å². The Balaban J connectivity index is 0.000000924. The van der Waals surface area contributed by atoms with E-state index in [9.17, 15) is 0 Å². The van der Waals surface area contributed by atoms with E-state index < -0.39 is 0 Å². The normalized spacial score (nSPS) is 14.3. The number of nitrogens with two attached hydrogens (primary N) is 2. The van der Waals surface area contributed by atoms with Crippen molar-refractivity contribution in [2.45, 2.75) is 37.5 Å². The maximum Gasteiger partial charge on any atom is 0.0552 e. The zero-order valence-corrected chi connectivity index (χ0v) is 15.2. The smallest absolute Gasteiger partial charge is 0.0552 e. The summed E-state index contributed by atoms with van der Waals surface area (Å²) in [4.78, 5) is 5.21. The van der Waals surface area contributed by atoms with Gasteiger partial charge in [0, 0.05) is 16.3 Å². The number of benzene rings is 2. The summed E-state index contributed by atoms with van der Waals surface area (Å²) < 4.78 is 0. The van der Waals surface area contributed by atoms with Crippen molar-refractivity contribution >= 4 is 23.1 Å². The lowest BCUT2D eigenvalue weighted by molar-refractivity contribution is 0.268. The first kappa shape index (κ1) is 17.9. The van der Waals surface area contributed by atoms with E-state index in [-0.39, 0.29) is 0 Å². The van der Waals surface area contributed by atoms with Gasteiger partial charge in [-0.1, -0.05) is 63.7 Å². The lowest BCUT2D eigenvalue weighted by Gasteiger charge is -2.38. The van der Waals surface area contributed by atoms with Gasteiger partial charge in [-0.2, -0.15) is 0 Å². The molecule has 0 radical (unpaired) electrons. The molecule has 2 aromatic rings. The van der Waals surface area contributed by atoms with Gasteiger partial charge < -0.3 is 4.90 Å². The standard InChI is InChI=1S/C19H23NS.H4N2/c1-14(19(2,3)4)13-20-15-9-5-7-11-17(15)21-18-12-8-6-10-16(18)20;1-2/h5-12,14H,13H2,1-4H3;1-2H2. The van der Waals surface area contributed by atoms with Gasteiger partial charge in [-0.05, 0) is 35.6 Å². The topological polar surface area (TPSA) is 55.3 Å². The maximum atomic E-state index is 4.00. The molecule has 1 atom stereocenters. The summed E-state index contributed by atoms with van der Waals surface area (Å²) >= 11 is 1.88. The van der Waals surface area contributed by atoms with Gasteiger partial charge in [0.25, 0.3) is 0 Å². The second kappa shape index (κ2) is 7.39. The highest BCUT2D eigenvalue weighted by molar-refractivity contribution is 7.99. The van der Waals surface area contributed by atoms with Crippen LogP contribution in [0.1, 0.15) is 27.7 Å². The van der Waals surface area contributed by atoms with Crippen molar-refractivity contribution < 1.29 is 0 Å². The van der Waals surface area contributed by atoms with Crippen molar-refractivity contribution in [1.29, 1.82) is 0 Å². The monoisotopic (exact) mass is 329 g/mol. The molecule has 0 aliphatic carbocycles. The number of nitrogens with zero attached hydrogens (tertiary/aromatic N) is 1. The molecule has 4 heteroatoms. The number of rotatable bonds is 2. The third kappa shape index (κ3) is 3.89. The molecule has 124 valence electrons. The Bertz CT molecular complexity index is 604. The summed E-state index contributed by atoms with van der Waals surface area (Å²) in [6, 6.07) is 17.5. The summed E-state index contributed by atoms with van der Waals surface area (Å²) in [5.74, 6) is 8.61. The Morgan fingerprint density at radius 2 is 1.35 bits per heavy atom. The van der Waals surface area contributed by atoms with Gasteiger partial charge in [-0.25, -0.2) is 0 Å². The fraction of sp³-hybridized carbons (Fsp3) is 0.368. The Hall–Kier alpha value is -1.49. The number of para-hydroxylation sites is 2. The van der Waals surface area contributed by atoms with Crippen molar-refractivity contribution in [1.82, 2.24) is 0 Å². The second-order valence-corrected chi connectivity index (χ2v) is 8.00. The van der Waals surface area contributed by atoms with E-state index in [2.05, 4.69) is 92.8 Å². The highest BCUT2D eigenvalue weighted by atomic mass is 32.2. The van der Waals surface area contributed by atoms with Gasteiger partial charge in [0.05, 0.1) is 11.4 Å². The molecule has 1 aliphatic rings. The van der Waals surface area contributed by atoms with E-state index in [0.717, 1.165) is 6.54 Å². The van der Waals surface area contributed by atoms with E-state index >= 15 is 0 Å². The molecular weight excluding hydrogens is 302 g/mol. The molecule has 23 heavy (non-hydrogen) atoms. The molecule has 0 saturated carbocycles. The van der Waals surface area contributed by atoms with Crippen LogP contribution in [0.15, 0.2) is 58.3 Å². The summed E-state index contributed by atoms with van der Waals surface area (Å²) in [6.45, 7) is 10.4. The van der Waals surface area contributed by atoms with Crippen LogP contribution in [-0.4, -0.2) is 6.54 Å². The minimum atomic E-state index is 0.314. The number of hydrogen-bond donors (Lipinski definition) is 2. The minimum absolute atomic E-state index is 0.314. The van der Waals surface area contributed by atoms with Crippen molar-refractivity contribution in [3.05, 3.63) is 48.5 Å². The van der Waals surface area contributed by atoms with Crippen LogP contribution >= 0.6 is 11.8 Å². The third-order valence-corrected chi connectivity index (χ3v) is 5.60. The fourth-order valence-corrected chi connectivity index (χ4v) is 3.62. The third-order valence-electron chi connectivity index (χ3n) is 4.47. The highest BCUT2D eigenvalue weighted by Gasteiger charge is 2.28. The Morgan fingerprint density at radius 1 is 0.913 bits per heavy atom. The number of anilines is 2. The van der Waals surface area contributed by atoms with Gasteiger partial charge >= 0.3 is 0 Å². The molecule has 0 amide bonds. The van der Waals surface area contributed by atoms with E-state index in [0.29, 0.717) is 11.3 Å². The summed E-state index contributed by atoms with van der Waals surface area (Å²) in [5.41, 5.74) is 3.00. The molecular formula is C19H27N3S. The van der Waals surface area contributed by atoms with Gasteiger partial charge in [0.1, 0.15) is 0 Å². The predicted molar refractivity (Wildman–Crippen MR) is 101 cm³/mol. The van der Waals surface area contributed by atoms with E-state index in [1.165, 1.54) is 21.2 Å². The summed E-state index contributed by atoms with van der Waals surface area (Å²) in [5, 5.41) is 0. The molecule has 1 aliphatic heterocycles. The number of fused-ring (bicyclic) bond motifs is 2. The van der Waals surface area contributed by atoms with Crippen molar-refractivity contribution in [3.63, 3.8) is 0 Å². The molecule has 1 heterocycles. The number of hydrazine groups is 1. The Kier molecular flexibility index (Phi) is 5.74. The van der Waals surface area contributed by atoms with Gasteiger partial charge in [-0.3, -0.25) is 11.7 Å². The van der Waals surface area contributed by atoms with Crippen LogP contribution in [-0.2, 0) is 0 Å². The van der Waals surface area contributed by atoms with E-state index in [4.69, 9.17) is 0 Å². The zero-order chi connectivity index (χ0) is 17.0. The van der Waals surface area contributed by atoms with Crippen LogP contribution in [0.25, 0.3) is 0 Å². The SMILES string of the molecule is CC(CN1c2ccccc2Sc2ccccc21)C(C)(C)C.NN. The first-order valence-corrected chi connectivity index (χ1v) is 8.75. The van der Waals surface area contributed by atoms with E-state index in [1.54, 1.807) is 0 Å². The Labute approximate surface area is 144 Å². The fourth-order valence-electron chi connectivity index (χ4n) is 2.53. The molecule has 3 rings (SSSR count). The van der Waals surface area contributed by atoms with Crippen molar-refractivity contribution in [2.75, 3.05) is 11.4 Å². The molecule has 2 aromatic carbocycles. The molecule has 3 nitrogen and oxygen atoms in total.